The van der Waals surface area contributed by atoms with Crippen LogP contribution in [0.3, 0.4) is 0 Å². The maximum Gasteiger partial charge on any atom is 0.165 e. The lowest BCUT2D eigenvalue weighted by Gasteiger charge is -2.05. The van der Waals surface area contributed by atoms with Crippen molar-refractivity contribution in [1.29, 1.82) is 5.26 Å². The summed E-state index contributed by atoms with van der Waals surface area (Å²) in [5, 5.41) is 8.81. The molecule has 17 heavy (non-hydrogen) atoms. The molecule has 0 aliphatic rings. The summed E-state index contributed by atoms with van der Waals surface area (Å²) in [7, 11) is 1.25. The topological polar surface area (TPSA) is 45.9 Å². The van der Waals surface area contributed by atoms with Gasteiger partial charge in [-0.25, -0.2) is 13.8 Å². The van der Waals surface area contributed by atoms with Crippen molar-refractivity contribution < 1.29 is 13.5 Å². The van der Waals surface area contributed by atoms with Crippen molar-refractivity contribution in [3.63, 3.8) is 0 Å². The molecule has 0 aliphatic heterocycles. The van der Waals surface area contributed by atoms with Crippen LogP contribution in [0.25, 0.3) is 11.3 Å². The molecule has 0 amide bonds. The van der Waals surface area contributed by atoms with Crippen LogP contribution < -0.4 is 4.74 Å². The highest BCUT2D eigenvalue weighted by Gasteiger charge is 2.16. The molecule has 1 aromatic carbocycles. The van der Waals surface area contributed by atoms with E-state index in [4.69, 9.17) is 5.26 Å². The number of aromatic nitrogens is 1. The number of halogens is 2. The van der Waals surface area contributed by atoms with Crippen LogP contribution in [0.5, 0.6) is 5.75 Å². The van der Waals surface area contributed by atoms with Gasteiger partial charge in [-0.05, 0) is 6.07 Å². The van der Waals surface area contributed by atoms with E-state index < -0.39 is 11.6 Å². The van der Waals surface area contributed by atoms with Crippen LogP contribution in [0.15, 0.2) is 17.6 Å². The zero-order valence-electron chi connectivity index (χ0n) is 8.70. The minimum atomic E-state index is -0.694. The molecule has 2 rings (SSSR count). The third kappa shape index (κ3) is 1.97. The second-order valence-electron chi connectivity index (χ2n) is 3.11. The van der Waals surface area contributed by atoms with Crippen molar-refractivity contribution in [1.82, 2.24) is 4.98 Å². The van der Waals surface area contributed by atoms with E-state index in [0.29, 0.717) is 0 Å². The molecule has 2 aromatic rings. The van der Waals surface area contributed by atoms with Crippen LogP contribution in [0.1, 0.15) is 4.88 Å². The molecule has 0 N–H and O–H groups in total. The zero-order chi connectivity index (χ0) is 12.4. The zero-order valence-corrected chi connectivity index (χ0v) is 9.52. The number of nitrogens with zero attached hydrogens (tertiary/aromatic N) is 2. The van der Waals surface area contributed by atoms with Crippen LogP contribution in [0.2, 0.25) is 0 Å². The van der Waals surface area contributed by atoms with E-state index in [1.165, 1.54) is 12.6 Å². The average molecular weight is 252 g/mol. The van der Waals surface area contributed by atoms with Crippen LogP contribution in [-0.2, 0) is 0 Å². The Balaban J connectivity index is 2.62. The number of hydrogen-bond acceptors (Lipinski definition) is 4. The van der Waals surface area contributed by atoms with Crippen molar-refractivity contribution in [2.75, 3.05) is 7.11 Å². The fraction of sp³-hybridized carbons (Fsp3) is 0.0909. The minimum Gasteiger partial charge on any atom is -0.494 e. The first-order valence-electron chi connectivity index (χ1n) is 4.54. The van der Waals surface area contributed by atoms with Gasteiger partial charge >= 0.3 is 0 Å². The first-order valence-corrected chi connectivity index (χ1v) is 5.42. The first kappa shape index (κ1) is 11.5. The molecule has 0 radical (unpaired) electrons. The molecule has 0 fully saturated rings. The SMILES string of the molecule is COc1cc(F)c(-c2ncsc2C#N)cc1F. The van der Waals surface area contributed by atoms with E-state index in [0.717, 1.165) is 23.5 Å². The van der Waals surface area contributed by atoms with Crippen LogP contribution in [0, 0.1) is 23.0 Å². The number of nitriles is 1. The summed E-state index contributed by atoms with van der Waals surface area (Å²) in [6.07, 6.45) is 0. The third-order valence-corrected chi connectivity index (χ3v) is 2.90. The van der Waals surface area contributed by atoms with Crippen LogP contribution in [-0.4, -0.2) is 12.1 Å². The van der Waals surface area contributed by atoms with E-state index >= 15 is 0 Å². The van der Waals surface area contributed by atoms with Gasteiger partial charge in [0.1, 0.15) is 22.5 Å². The van der Waals surface area contributed by atoms with E-state index in [-0.39, 0.29) is 21.9 Å². The standard InChI is InChI=1S/C11H6F2N2OS/c1-16-9-3-7(12)6(2-8(9)13)11-10(4-14)17-5-15-11/h2-3,5H,1H3. The minimum absolute atomic E-state index is 0.0406. The average Bonchev–Trinajstić information content (AvgIpc) is 2.79. The molecule has 0 saturated carbocycles. The molecule has 0 unspecified atom stereocenters. The Kier molecular flexibility index (Phi) is 3.02. The van der Waals surface area contributed by atoms with Crippen molar-refractivity contribution in [3.8, 4) is 23.1 Å². The first-order chi connectivity index (χ1) is 8.17. The van der Waals surface area contributed by atoms with E-state index in [1.54, 1.807) is 0 Å². The van der Waals surface area contributed by atoms with E-state index in [1.807, 2.05) is 6.07 Å². The van der Waals surface area contributed by atoms with Crippen molar-refractivity contribution in [2.45, 2.75) is 0 Å². The number of hydrogen-bond donors (Lipinski definition) is 0. The van der Waals surface area contributed by atoms with Gasteiger partial charge in [0.25, 0.3) is 0 Å². The molecule has 1 aromatic heterocycles. The molecule has 1 heterocycles. The van der Waals surface area contributed by atoms with Gasteiger partial charge in [0.05, 0.1) is 12.6 Å². The lowest BCUT2D eigenvalue weighted by molar-refractivity contribution is 0.383. The number of thiazole rings is 1. The molecule has 3 nitrogen and oxygen atoms in total. The summed E-state index contributed by atoms with van der Waals surface area (Å²) >= 11 is 1.08. The van der Waals surface area contributed by atoms with Crippen LogP contribution >= 0.6 is 11.3 Å². The molecule has 0 aliphatic carbocycles. The van der Waals surface area contributed by atoms with Gasteiger partial charge in [-0.1, -0.05) is 0 Å². The molecule has 6 heteroatoms. The van der Waals surface area contributed by atoms with Crippen LogP contribution in [0.4, 0.5) is 8.78 Å². The second-order valence-corrected chi connectivity index (χ2v) is 3.96. The fourth-order valence-electron chi connectivity index (χ4n) is 1.38. The highest BCUT2D eigenvalue weighted by molar-refractivity contribution is 7.10. The fourth-order valence-corrected chi connectivity index (χ4v) is 1.97. The Morgan fingerprint density at radius 1 is 1.35 bits per heavy atom. The van der Waals surface area contributed by atoms with E-state index in [9.17, 15) is 8.78 Å². The number of rotatable bonds is 2. The lowest BCUT2D eigenvalue weighted by Crippen LogP contribution is -1.93. The lowest BCUT2D eigenvalue weighted by atomic mass is 10.1. The Morgan fingerprint density at radius 2 is 2.12 bits per heavy atom. The molecule has 0 bridgehead atoms. The predicted octanol–water partition coefficient (Wildman–Crippen LogP) is 2.97. The summed E-state index contributed by atoms with van der Waals surface area (Å²) in [5.74, 6) is -1.55. The predicted molar refractivity (Wildman–Crippen MR) is 58.7 cm³/mol. The Bertz CT molecular complexity index is 604. The molecule has 0 spiro atoms. The van der Waals surface area contributed by atoms with Gasteiger partial charge in [0.15, 0.2) is 11.6 Å². The summed E-state index contributed by atoms with van der Waals surface area (Å²) in [5.41, 5.74) is 1.52. The number of methoxy groups -OCH3 is 1. The van der Waals surface area contributed by atoms with Gasteiger partial charge in [-0.2, -0.15) is 5.26 Å². The highest BCUT2D eigenvalue weighted by atomic mass is 32.1. The number of benzene rings is 1. The Morgan fingerprint density at radius 3 is 2.76 bits per heavy atom. The molecular weight excluding hydrogens is 246 g/mol. The van der Waals surface area contributed by atoms with Gasteiger partial charge in [0, 0.05) is 11.6 Å². The highest BCUT2D eigenvalue weighted by Crippen LogP contribution is 2.31. The van der Waals surface area contributed by atoms with Gasteiger partial charge in [-0.3, -0.25) is 0 Å². The summed E-state index contributed by atoms with van der Waals surface area (Å²) in [4.78, 5) is 4.11. The van der Waals surface area contributed by atoms with Crippen molar-refractivity contribution in [3.05, 3.63) is 34.2 Å². The van der Waals surface area contributed by atoms with Gasteiger partial charge < -0.3 is 4.74 Å². The monoisotopic (exact) mass is 252 g/mol. The Labute approximate surface area is 99.9 Å². The second kappa shape index (κ2) is 4.47. The number of ether oxygens (including phenoxy) is 1. The molecule has 86 valence electrons. The quantitative estimate of drug-likeness (QED) is 0.825. The maximum absolute atomic E-state index is 13.7. The van der Waals surface area contributed by atoms with Gasteiger partial charge in [0.2, 0.25) is 0 Å². The van der Waals surface area contributed by atoms with E-state index in [2.05, 4.69) is 9.72 Å². The molecule has 0 saturated heterocycles. The largest absolute Gasteiger partial charge is 0.494 e. The summed E-state index contributed by atoms with van der Waals surface area (Å²) in [6, 6.07) is 3.80. The smallest absolute Gasteiger partial charge is 0.165 e. The van der Waals surface area contributed by atoms with Crippen molar-refractivity contribution in [2.24, 2.45) is 0 Å². The third-order valence-electron chi connectivity index (χ3n) is 2.17. The van der Waals surface area contributed by atoms with Gasteiger partial charge in [-0.15, -0.1) is 11.3 Å². The molecular formula is C11H6F2N2OS. The summed E-state index contributed by atoms with van der Waals surface area (Å²) < 4.78 is 31.8. The molecule has 0 atom stereocenters. The maximum atomic E-state index is 13.7. The Hall–Kier alpha value is -2.00. The normalized spacial score (nSPS) is 10.0. The summed E-state index contributed by atoms with van der Waals surface area (Å²) in [6.45, 7) is 0. The van der Waals surface area contributed by atoms with Crippen molar-refractivity contribution >= 4 is 11.3 Å².